The second-order valence-electron chi connectivity index (χ2n) is 5.34. The van der Waals surface area contributed by atoms with E-state index in [0.29, 0.717) is 26.2 Å². The summed E-state index contributed by atoms with van der Waals surface area (Å²) in [4.78, 5) is 36.0. The van der Waals surface area contributed by atoms with Crippen molar-refractivity contribution in [3.05, 3.63) is 23.0 Å². The van der Waals surface area contributed by atoms with Crippen LogP contribution >= 0.6 is 0 Å². The van der Waals surface area contributed by atoms with Gasteiger partial charge < -0.3 is 19.9 Å². The summed E-state index contributed by atoms with van der Waals surface area (Å²) in [7, 11) is 0. The van der Waals surface area contributed by atoms with Crippen LogP contribution in [0.4, 0.5) is 13.2 Å². The number of aromatic nitrogens is 1. The SMILES string of the molecule is CCN(CC)CCNC(=O)Cc1cc(C(F)(F)F)c(C=O)[nH]1.CCOC=O. The number of rotatable bonds is 10. The van der Waals surface area contributed by atoms with Crippen LogP contribution in [0.25, 0.3) is 0 Å². The van der Waals surface area contributed by atoms with E-state index in [4.69, 9.17) is 0 Å². The number of halogens is 3. The summed E-state index contributed by atoms with van der Waals surface area (Å²) in [5, 5.41) is 2.65. The third-order valence-corrected chi connectivity index (χ3v) is 3.56. The van der Waals surface area contributed by atoms with Crippen molar-refractivity contribution in [2.45, 2.75) is 33.4 Å². The average Bonchev–Trinajstić information content (AvgIpc) is 3.03. The number of hydrogen-bond acceptors (Lipinski definition) is 5. The topological polar surface area (TPSA) is 91.5 Å². The lowest BCUT2D eigenvalue weighted by atomic mass is 10.2. The molecule has 1 aromatic heterocycles. The molecule has 0 saturated carbocycles. The summed E-state index contributed by atoms with van der Waals surface area (Å²) in [6, 6.07) is 0.799. The first kappa shape index (κ1) is 24.6. The largest absolute Gasteiger partial charge is 0.468 e. The maximum Gasteiger partial charge on any atom is 0.418 e. The van der Waals surface area contributed by atoms with Crippen molar-refractivity contribution < 1.29 is 32.3 Å². The Kier molecular flexibility index (Phi) is 11.8. The van der Waals surface area contributed by atoms with E-state index >= 15 is 0 Å². The first-order valence-electron chi connectivity index (χ1n) is 8.51. The number of hydrogen-bond donors (Lipinski definition) is 2. The van der Waals surface area contributed by atoms with E-state index < -0.39 is 17.4 Å². The zero-order valence-electron chi connectivity index (χ0n) is 15.7. The number of nitrogens with one attached hydrogen (secondary N) is 2. The predicted octanol–water partition coefficient (Wildman–Crippen LogP) is 2.03. The summed E-state index contributed by atoms with van der Waals surface area (Å²) in [5.74, 6) is -0.389. The fourth-order valence-electron chi connectivity index (χ4n) is 2.15. The molecule has 10 heteroatoms. The van der Waals surface area contributed by atoms with E-state index in [1.807, 2.05) is 13.8 Å². The molecule has 0 aromatic carbocycles. The van der Waals surface area contributed by atoms with Crippen LogP contribution < -0.4 is 5.32 Å². The van der Waals surface area contributed by atoms with Crippen molar-refractivity contribution >= 4 is 18.7 Å². The molecule has 27 heavy (non-hydrogen) atoms. The first-order chi connectivity index (χ1) is 12.7. The van der Waals surface area contributed by atoms with Crippen LogP contribution in [0.15, 0.2) is 6.07 Å². The highest BCUT2D eigenvalue weighted by Crippen LogP contribution is 2.32. The minimum absolute atomic E-state index is 0.0646. The Morgan fingerprint density at radius 3 is 2.26 bits per heavy atom. The zero-order chi connectivity index (χ0) is 20.9. The van der Waals surface area contributed by atoms with E-state index in [1.54, 1.807) is 6.92 Å². The minimum atomic E-state index is -4.62. The first-order valence-corrected chi connectivity index (χ1v) is 8.51. The van der Waals surface area contributed by atoms with Gasteiger partial charge in [0.05, 0.1) is 24.3 Å². The number of amides is 1. The number of carbonyl (C=O) groups excluding carboxylic acids is 3. The highest BCUT2D eigenvalue weighted by Gasteiger charge is 2.35. The van der Waals surface area contributed by atoms with Crippen LogP contribution in [0, 0.1) is 0 Å². The van der Waals surface area contributed by atoms with E-state index in [0.717, 1.165) is 19.2 Å². The number of ether oxygens (including phenoxy) is 1. The highest BCUT2D eigenvalue weighted by molar-refractivity contribution is 5.80. The molecule has 0 spiro atoms. The number of carbonyl (C=O) groups is 3. The Bertz CT molecular complexity index is 584. The van der Waals surface area contributed by atoms with Gasteiger partial charge in [-0.2, -0.15) is 13.2 Å². The summed E-state index contributed by atoms with van der Waals surface area (Å²) >= 11 is 0. The Morgan fingerprint density at radius 1 is 1.26 bits per heavy atom. The van der Waals surface area contributed by atoms with Crippen LogP contribution in [0.2, 0.25) is 0 Å². The van der Waals surface area contributed by atoms with Crippen LogP contribution in [-0.4, -0.2) is 61.3 Å². The number of alkyl halides is 3. The van der Waals surface area contributed by atoms with Crippen molar-refractivity contribution in [1.29, 1.82) is 0 Å². The summed E-state index contributed by atoms with van der Waals surface area (Å²) in [6.45, 7) is 9.50. The van der Waals surface area contributed by atoms with Crippen molar-refractivity contribution in [2.75, 3.05) is 32.8 Å². The molecule has 0 radical (unpaired) electrons. The summed E-state index contributed by atoms with van der Waals surface area (Å²) < 4.78 is 42.2. The third-order valence-electron chi connectivity index (χ3n) is 3.56. The maximum atomic E-state index is 12.7. The molecule has 0 aliphatic carbocycles. The Balaban J connectivity index is 0.00000119. The number of likely N-dealkylation sites (N-methyl/N-ethyl adjacent to an activating group) is 1. The van der Waals surface area contributed by atoms with E-state index in [-0.39, 0.29) is 24.3 Å². The second-order valence-corrected chi connectivity index (χ2v) is 5.34. The van der Waals surface area contributed by atoms with Crippen LogP contribution in [0.5, 0.6) is 0 Å². The van der Waals surface area contributed by atoms with E-state index in [1.165, 1.54) is 0 Å². The normalized spacial score (nSPS) is 10.8. The molecule has 0 atom stereocenters. The molecule has 154 valence electrons. The lowest BCUT2D eigenvalue weighted by Crippen LogP contribution is -2.35. The molecular formula is C17H26F3N3O4. The van der Waals surface area contributed by atoms with Crippen LogP contribution in [0.3, 0.4) is 0 Å². The third kappa shape index (κ3) is 9.78. The number of aldehydes is 1. The van der Waals surface area contributed by atoms with Gasteiger partial charge in [-0.25, -0.2) is 0 Å². The van der Waals surface area contributed by atoms with Crippen molar-refractivity contribution in [3.63, 3.8) is 0 Å². The van der Waals surface area contributed by atoms with Gasteiger partial charge in [0.2, 0.25) is 5.91 Å². The zero-order valence-corrected chi connectivity index (χ0v) is 15.7. The summed E-state index contributed by atoms with van der Waals surface area (Å²) in [5.41, 5.74) is -1.54. The van der Waals surface area contributed by atoms with E-state index in [9.17, 15) is 27.6 Å². The van der Waals surface area contributed by atoms with Gasteiger partial charge in [-0.05, 0) is 26.1 Å². The standard InChI is InChI=1S/C14H20F3N3O2.C3H6O2/c1-3-20(4-2)6-5-18-13(22)8-10-7-11(14(15,16)17)12(9-21)19-10;1-2-5-3-4/h7,9,19H,3-6,8H2,1-2H3,(H,18,22);3H,2H2,1H3. The quantitative estimate of drug-likeness (QED) is 0.594. The molecule has 1 aromatic rings. The molecule has 0 unspecified atom stereocenters. The Labute approximate surface area is 156 Å². The molecular weight excluding hydrogens is 367 g/mol. The Hall–Kier alpha value is -2.36. The minimum Gasteiger partial charge on any atom is -0.468 e. The molecule has 0 fully saturated rings. The van der Waals surface area contributed by atoms with Gasteiger partial charge in [-0.3, -0.25) is 14.4 Å². The fraction of sp³-hybridized carbons (Fsp3) is 0.588. The smallest absolute Gasteiger partial charge is 0.418 e. The van der Waals surface area contributed by atoms with Crippen molar-refractivity contribution in [3.8, 4) is 0 Å². The molecule has 1 rings (SSSR count). The highest BCUT2D eigenvalue weighted by atomic mass is 19.4. The lowest BCUT2D eigenvalue weighted by molar-refractivity contribution is -0.137. The molecule has 0 bridgehead atoms. The Morgan fingerprint density at radius 2 is 1.89 bits per heavy atom. The predicted molar refractivity (Wildman–Crippen MR) is 93.4 cm³/mol. The van der Waals surface area contributed by atoms with Gasteiger partial charge in [0, 0.05) is 18.8 Å². The molecule has 1 amide bonds. The molecule has 1 heterocycles. The number of aromatic amines is 1. The van der Waals surface area contributed by atoms with Gasteiger partial charge in [-0.15, -0.1) is 0 Å². The second kappa shape index (κ2) is 12.9. The number of nitrogens with zero attached hydrogens (tertiary/aromatic N) is 1. The van der Waals surface area contributed by atoms with Crippen molar-refractivity contribution in [1.82, 2.24) is 15.2 Å². The van der Waals surface area contributed by atoms with Crippen LogP contribution in [-0.2, 0) is 26.9 Å². The average molecular weight is 393 g/mol. The molecule has 7 nitrogen and oxygen atoms in total. The van der Waals surface area contributed by atoms with Gasteiger partial charge >= 0.3 is 6.18 Å². The van der Waals surface area contributed by atoms with E-state index in [2.05, 4.69) is 19.9 Å². The van der Waals surface area contributed by atoms with Crippen molar-refractivity contribution in [2.24, 2.45) is 0 Å². The van der Waals surface area contributed by atoms with Gasteiger partial charge in [-0.1, -0.05) is 13.8 Å². The lowest BCUT2D eigenvalue weighted by Gasteiger charge is -2.17. The van der Waals surface area contributed by atoms with Gasteiger partial charge in [0.15, 0.2) is 6.29 Å². The monoisotopic (exact) mass is 393 g/mol. The summed E-state index contributed by atoms with van der Waals surface area (Å²) in [6.07, 6.45) is -4.75. The molecule has 0 aliphatic rings. The van der Waals surface area contributed by atoms with Crippen LogP contribution in [0.1, 0.15) is 42.5 Å². The van der Waals surface area contributed by atoms with Gasteiger partial charge in [0.25, 0.3) is 6.47 Å². The van der Waals surface area contributed by atoms with Gasteiger partial charge in [0.1, 0.15) is 0 Å². The fourth-order valence-corrected chi connectivity index (χ4v) is 2.15. The number of H-pyrrole nitrogens is 1. The molecule has 2 N–H and O–H groups in total. The maximum absolute atomic E-state index is 12.7. The molecule has 0 saturated heterocycles. The molecule has 0 aliphatic heterocycles.